The van der Waals surface area contributed by atoms with Crippen molar-refractivity contribution in [2.45, 2.75) is 23.4 Å². The summed E-state index contributed by atoms with van der Waals surface area (Å²) in [5, 5.41) is 1.82. The lowest BCUT2D eigenvalue weighted by Gasteiger charge is -2.23. The van der Waals surface area contributed by atoms with Gasteiger partial charge in [0.2, 0.25) is 0 Å². The Bertz CT molecular complexity index is 984. The molecule has 0 aliphatic heterocycles. The second kappa shape index (κ2) is 11.7. The smallest absolute Gasteiger partial charge is 0.446 e. The summed E-state index contributed by atoms with van der Waals surface area (Å²) < 4.78 is 90.7. The van der Waals surface area contributed by atoms with E-state index < -0.39 is 74.8 Å². The van der Waals surface area contributed by atoms with E-state index >= 15 is 0 Å². The summed E-state index contributed by atoms with van der Waals surface area (Å²) in [5.41, 5.74) is -5.75. The Labute approximate surface area is 192 Å². The highest BCUT2D eigenvalue weighted by Crippen LogP contribution is 2.37. The maximum Gasteiger partial charge on any atom is 0.446 e. The van der Waals surface area contributed by atoms with E-state index in [1.54, 1.807) is 0 Å². The van der Waals surface area contributed by atoms with Crippen LogP contribution in [-0.2, 0) is 17.7 Å². The highest BCUT2D eigenvalue weighted by molar-refractivity contribution is 8.00. The van der Waals surface area contributed by atoms with E-state index in [1.165, 1.54) is 6.26 Å². The molecule has 0 aliphatic carbocycles. The lowest BCUT2D eigenvalue weighted by molar-refractivity contribution is -0.0328. The number of urea groups is 1. The minimum Gasteiger partial charge on any atom is -0.617 e. The minimum atomic E-state index is -4.61. The van der Waals surface area contributed by atoms with Gasteiger partial charge in [0.1, 0.15) is 28.8 Å². The number of carbonyl (C=O) groups excluding carboxylic acids is 2. The van der Waals surface area contributed by atoms with Crippen molar-refractivity contribution < 1.29 is 40.5 Å². The molecule has 3 amide bonds. The highest BCUT2D eigenvalue weighted by Gasteiger charge is 2.30. The van der Waals surface area contributed by atoms with Gasteiger partial charge in [0.15, 0.2) is 0 Å². The predicted molar refractivity (Wildman–Crippen MR) is 111 cm³/mol. The van der Waals surface area contributed by atoms with Gasteiger partial charge in [-0.25, -0.2) is 18.0 Å². The topological polar surface area (TPSA) is 72.5 Å². The van der Waals surface area contributed by atoms with Gasteiger partial charge in [-0.2, -0.15) is 13.2 Å². The average molecular weight is 512 g/mol. The van der Waals surface area contributed by atoms with E-state index in [0.29, 0.717) is 6.07 Å². The molecule has 0 aromatic heterocycles. The number of hydrogen-bond acceptors (Lipinski definition) is 4. The number of hydrogen-bond donors (Lipinski definition) is 1. The maximum absolute atomic E-state index is 14.4. The molecule has 1 N–H and O–H groups in total. The quantitative estimate of drug-likeness (QED) is 0.312. The largest absolute Gasteiger partial charge is 0.617 e. The first-order valence-electron chi connectivity index (χ1n) is 9.26. The Balaban J connectivity index is 2.20. The third kappa shape index (κ3) is 8.48. The molecule has 0 saturated carbocycles. The van der Waals surface area contributed by atoms with Gasteiger partial charge in [-0.15, -0.1) is 0 Å². The molecule has 0 fully saturated rings. The van der Waals surface area contributed by atoms with Crippen LogP contribution in [0.3, 0.4) is 0 Å². The van der Waals surface area contributed by atoms with E-state index in [2.05, 4.69) is 0 Å². The van der Waals surface area contributed by atoms with Crippen molar-refractivity contribution in [1.29, 1.82) is 0 Å². The third-order valence-corrected chi connectivity index (χ3v) is 5.76. The number of benzene rings is 2. The minimum absolute atomic E-state index is 0.114. The SMILES string of the molecule is C[S+]([O-])CCCN(Cc1ccc(SC(F)(F)F)cc1F)C(=O)NC(=O)c1c(F)cccc1F. The molecule has 2 aromatic rings. The van der Waals surface area contributed by atoms with Crippen LogP contribution in [-0.4, -0.2) is 45.5 Å². The van der Waals surface area contributed by atoms with Crippen molar-refractivity contribution in [3.05, 3.63) is 65.0 Å². The van der Waals surface area contributed by atoms with Crippen LogP contribution in [0.4, 0.5) is 31.1 Å². The average Bonchev–Trinajstić information content (AvgIpc) is 2.67. The van der Waals surface area contributed by atoms with Gasteiger partial charge < -0.3 is 9.45 Å². The molecule has 0 aliphatic rings. The molecule has 0 bridgehead atoms. The van der Waals surface area contributed by atoms with Crippen LogP contribution in [0.15, 0.2) is 41.3 Å². The predicted octanol–water partition coefficient (Wildman–Crippen LogP) is 4.84. The molecule has 180 valence electrons. The van der Waals surface area contributed by atoms with E-state index in [4.69, 9.17) is 0 Å². The number of amides is 3. The molecule has 2 aromatic carbocycles. The summed E-state index contributed by atoms with van der Waals surface area (Å²) in [6.45, 7) is -0.574. The van der Waals surface area contributed by atoms with E-state index in [-0.39, 0.29) is 24.3 Å². The second-order valence-electron chi connectivity index (χ2n) is 6.71. The number of nitrogens with one attached hydrogen (secondary N) is 1. The molecule has 5 nitrogen and oxygen atoms in total. The van der Waals surface area contributed by atoms with Crippen LogP contribution in [0.2, 0.25) is 0 Å². The van der Waals surface area contributed by atoms with Gasteiger partial charge in [0.05, 0.1) is 12.8 Å². The summed E-state index contributed by atoms with van der Waals surface area (Å²) in [5.74, 6) is -4.61. The molecular weight excluding hydrogens is 494 g/mol. The number of thioether (sulfide) groups is 1. The number of nitrogens with zero attached hydrogens (tertiary/aromatic N) is 1. The molecule has 2 rings (SSSR count). The van der Waals surface area contributed by atoms with Crippen molar-refractivity contribution in [2.75, 3.05) is 18.6 Å². The number of halogens is 6. The van der Waals surface area contributed by atoms with Crippen molar-refractivity contribution >= 4 is 34.9 Å². The van der Waals surface area contributed by atoms with Gasteiger partial charge in [0.25, 0.3) is 5.91 Å². The molecule has 0 heterocycles. The molecule has 13 heteroatoms. The number of carbonyl (C=O) groups is 2. The van der Waals surface area contributed by atoms with Crippen molar-refractivity contribution in [3.8, 4) is 0 Å². The van der Waals surface area contributed by atoms with Crippen LogP contribution in [0.5, 0.6) is 0 Å². The fourth-order valence-corrected chi connectivity index (χ4v) is 3.82. The van der Waals surface area contributed by atoms with Gasteiger partial charge in [-0.1, -0.05) is 23.3 Å². The maximum atomic E-state index is 14.4. The summed E-state index contributed by atoms with van der Waals surface area (Å²) in [6.07, 6.45) is 1.61. The Morgan fingerprint density at radius 1 is 1.09 bits per heavy atom. The van der Waals surface area contributed by atoms with Crippen LogP contribution >= 0.6 is 11.8 Å². The van der Waals surface area contributed by atoms with Gasteiger partial charge in [-0.3, -0.25) is 10.1 Å². The molecule has 1 unspecified atom stereocenters. The molecule has 0 spiro atoms. The van der Waals surface area contributed by atoms with Crippen LogP contribution in [0, 0.1) is 17.5 Å². The molecule has 0 saturated heterocycles. The van der Waals surface area contributed by atoms with E-state index in [0.717, 1.165) is 35.2 Å². The zero-order valence-electron chi connectivity index (χ0n) is 17.0. The molecule has 33 heavy (non-hydrogen) atoms. The normalized spacial score (nSPS) is 12.4. The lowest BCUT2D eigenvalue weighted by Crippen LogP contribution is -2.43. The summed E-state index contributed by atoms with van der Waals surface area (Å²) in [7, 11) is 0. The van der Waals surface area contributed by atoms with Crippen molar-refractivity contribution in [1.82, 2.24) is 10.2 Å². The fourth-order valence-electron chi connectivity index (χ4n) is 2.72. The molecular formula is C20H18F6N2O3S2. The first-order valence-corrected chi connectivity index (χ1v) is 11.8. The summed E-state index contributed by atoms with van der Waals surface area (Å²) in [4.78, 5) is 25.3. The van der Waals surface area contributed by atoms with Crippen molar-refractivity contribution in [2.24, 2.45) is 0 Å². The molecule has 0 radical (unpaired) electrons. The van der Waals surface area contributed by atoms with Gasteiger partial charge in [0, 0.05) is 23.4 Å². The monoisotopic (exact) mass is 512 g/mol. The number of imide groups is 1. The van der Waals surface area contributed by atoms with E-state index in [9.17, 15) is 40.5 Å². The summed E-state index contributed by atoms with van der Waals surface area (Å²) >= 11 is -1.72. The summed E-state index contributed by atoms with van der Waals surface area (Å²) in [6, 6.07) is 4.30. The Morgan fingerprint density at radius 3 is 2.27 bits per heavy atom. The highest BCUT2D eigenvalue weighted by atomic mass is 32.2. The van der Waals surface area contributed by atoms with Gasteiger partial charge in [-0.05, 0) is 36.0 Å². The Kier molecular flexibility index (Phi) is 9.49. The zero-order valence-corrected chi connectivity index (χ0v) is 18.7. The Morgan fingerprint density at radius 2 is 1.73 bits per heavy atom. The third-order valence-electron chi connectivity index (χ3n) is 4.18. The standard InChI is InChI=1S/C20H18F6N2O3S2/c1-33(31)9-3-8-28(11-12-6-7-13(10-16(12)23)32-20(24,25)26)19(30)27-18(29)17-14(21)4-2-5-15(17)22/h2,4-7,10H,3,8-9,11H2,1H3,(H,27,29,30). The first-order chi connectivity index (χ1) is 15.4. The van der Waals surface area contributed by atoms with Crippen LogP contribution in [0.1, 0.15) is 22.3 Å². The fraction of sp³-hybridized carbons (Fsp3) is 0.300. The Hall–Kier alpha value is -2.38. The number of alkyl halides is 3. The van der Waals surface area contributed by atoms with Crippen molar-refractivity contribution in [3.63, 3.8) is 0 Å². The van der Waals surface area contributed by atoms with Crippen LogP contribution < -0.4 is 5.32 Å². The second-order valence-corrected chi connectivity index (χ2v) is 9.40. The van der Waals surface area contributed by atoms with Gasteiger partial charge >= 0.3 is 11.5 Å². The first kappa shape index (κ1) is 26.9. The zero-order chi connectivity index (χ0) is 24.8. The lowest BCUT2D eigenvalue weighted by atomic mass is 10.2. The van der Waals surface area contributed by atoms with E-state index in [1.807, 2.05) is 5.32 Å². The molecule has 1 atom stereocenters. The van der Waals surface area contributed by atoms with Crippen LogP contribution in [0.25, 0.3) is 0 Å². The number of rotatable bonds is 8.